The zero-order valence-corrected chi connectivity index (χ0v) is 8.40. The molecule has 0 aliphatic carbocycles. The highest BCUT2D eigenvalue weighted by atomic mass is 16.3. The molecule has 0 unspecified atom stereocenters. The summed E-state index contributed by atoms with van der Waals surface area (Å²) in [6.07, 6.45) is 1.44. The van der Waals surface area contributed by atoms with Gasteiger partial charge in [0, 0.05) is 6.42 Å². The topological polar surface area (TPSA) is 60.7 Å². The van der Waals surface area contributed by atoms with Crippen molar-refractivity contribution in [2.45, 2.75) is 50.9 Å². The summed E-state index contributed by atoms with van der Waals surface area (Å²) in [7, 11) is 0. The van der Waals surface area contributed by atoms with Gasteiger partial charge in [-0.3, -0.25) is 0 Å². The molecule has 0 aliphatic heterocycles. The summed E-state index contributed by atoms with van der Waals surface area (Å²) in [5.74, 6) is 0. The lowest BCUT2D eigenvalue weighted by molar-refractivity contribution is -0.000591. The minimum atomic E-state index is -0.882. The van der Waals surface area contributed by atoms with Crippen molar-refractivity contribution in [1.29, 1.82) is 0 Å². The quantitative estimate of drug-likeness (QED) is 0.541. The van der Waals surface area contributed by atoms with Crippen LogP contribution in [0.3, 0.4) is 0 Å². The van der Waals surface area contributed by atoms with E-state index in [2.05, 4.69) is 6.58 Å². The second kappa shape index (κ2) is 5.37. The molecule has 0 spiro atoms. The zero-order valence-electron chi connectivity index (χ0n) is 8.40. The van der Waals surface area contributed by atoms with Crippen LogP contribution in [0.1, 0.15) is 33.1 Å². The van der Waals surface area contributed by atoms with E-state index < -0.39 is 17.8 Å². The van der Waals surface area contributed by atoms with Gasteiger partial charge in [-0.2, -0.15) is 0 Å². The van der Waals surface area contributed by atoms with Crippen molar-refractivity contribution < 1.29 is 15.3 Å². The van der Waals surface area contributed by atoms with Gasteiger partial charge in [0.2, 0.25) is 0 Å². The molecule has 0 aromatic heterocycles. The Morgan fingerprint density at radius 2 is 1.85 bits per heavy atom. The second-order valence-electron chi connectivity index (χ2n) is 4.08. The van der Waals surface area contributed by atoms with Crippen LogP contribution in [0.4, 0.5) is 0 Å². The Bertz CT molecular complexity index is 149. The molecule has 13 heavy (non-hydrogen) atoms. The zero-order chi connectivity index (χ0) is 10.5. The van der Waals surface area contributed by atoms with Crippen molar-refractivity contribution in [1.82, 2.24) is 0 Å². The first kappa shape index (κ1) is 12.6. The van der Waals surface area contributed by atoms with Gasteiger partial charge >= 0.3 is 0 Å². The summed E-state index contributed by atoms with van der Waals surface area (Å²) in [6, 6.07) is 0. The van der Waals surface area contributed by atoms with Gasteiger partial charge in [0.1, 0.15) is 0 Å². The average molecular weight is 188 g/mol. The van der Waals surface area contributed by atoms with E-state index in [1.807, 2.05) is 0 Å². The molecule has 78 valence electrons. The van der Waals surface area contributed by atoms with E-state index in [0.717, 1.165) is 0 Å². The van der Waals surface area contributed by atoms with E-state index in [1.54, 1.807) is 19.9 Å². The van der Waals surface area contributed by atoms with Gasteiger partial charge < -0.3 is 15.3 Å². The van der Waals surface area contributed by atoms with Crippen LogP contribution < -0.4 is 0 Å². The Balaban J connectivity index is 3.73. The van der Waals surface area contributed by atoms with Gasteiger partial charge in [-0.15, -0.1) is 6.58 Å². The Morgan fingerprint density at radius 1 is 1.31 bits per heavy atom. The maximum Gasteiger partial charge on any atom is 0.0616 e. The van der Waals surface area contributed by atoms with Crippen molar-refractivity contribution in [2.24, 2.45) is 0 Å². The van der Waals surface area contributed by atoms with Gasteiger partial charge in [0.25, 0.3) is 0 Å². The highest BCUT2D eigenvalue weighted by molar-refractivity contribution is 4.77. The highest BCUT2D eigenvalue weighted by Gasteiger charge is 2.20. The number of hydrogen-bond donors (Lipinski definition) is 3. The van der Waals surface area contributed by atoms with E-state index >= 15 is 0 Å². The van der Waals surface area contributed by atoms with Crippen LogP contribution in [-0.4, -0.2) is 33.1 Å². The minimum Gasteiger partial charge on any atom is -0.393 e. The van der Waals surface area contributed by atoms with E-state index in [4.69, 9.17) is 0 Å². The van der Waals surface area contributed by atoms with Crippen LogP contribution in [0.2, 0.25) is 0 Å². The van der Waals surface area contributed by atoms with Crippen LogP contribution >= 0.6 is 0 Å². The lowest BCUT2D eigenvalue weighted by atomic mass is 9.97. The molecule has 0 radical (unpaired) electrons. The van der Waals surface area contributed by atoms with Crippen LogP contribution in [-0.2, 0) is 0 Å². The molecule has 0 fully saturated rings. The Morgan fingerprint density at radius 3 is 2.23 bits per heavy atom. The lowest BCUT2D eigenvalue weighted by Crippen LogP contribution is -2.28. The first-order valence-electron chi connectivity index (χ1n) is 4.54. The lowest BCUT2D eigenvalue weighted by Gasteiger charge is -2.22. The average Bonchev–Trinajstić information content (AvgIpc) is 1.81. The fraction of sp³-hybridized carbons (Fsp3) is 0.800. The van der Waals surface area contributed by atoms with Gasteiger partial charge in [-0.1, -0.05) is 6.08 Å². The summed E-state index contributed by atoms with van der Waals surface area (Å²) in [5.41, 5.74) is -0.882. The molecule has 2 atom stereocenters. The van der Waals surface area contributed by atoms with E-state index in [0.29, 0.717) is 6.42 Å². The molecular formula is C10H20O3. The van der Waals surface area contributed by atoms with Crippen molar-refractivity contribution in [3.8, 4) is 0 Å². The summed E-state index contributed by atoms with van der Waals surface area (Å²) >= 11 is 0. The fourth-order valence-electron chi connectivity index (χ4n) is 1.26. The van der Waals surface area contributed by atoms with Gasteiger partial charge in [0.15, 0.2) is 0 Å². The molecule has 0 aromatic rings. The summed E-state index contributed by atoms with van der Waals surface area (Å²) in [5, 5.41) is 28.1. The number of aliphatic hydroxyl groups is 3. The molecule has 0 amide bonds. The summed E-state index contributed by atoms with van der Waals surface area (Å²) in [6.45, 7) is 6.76. The van der Waals surface area contributed by atoms with Crippen LogP contribution in [0.5, 0.6) is 0 Å². The predicted molar refractivity (Wildman–Crippen MR) is 52.4 cm³/mol. The van der Waals surface area contributed by atoms with Crippen molar-refractivity contribution in [2.75, 3.05) is 0 Å². The van der Waals surface area contributed by atoms with Crippen LogP contribution in [0.25, 0.3) is 0 Å². The van der Waals surface area contributed by atoms with E-state index in [9.17, 15) is 15.3 Å². The number of rotatable bonds is 6. The Kier molecular flexibility index (Phi) is 5.21. The van der Waals surface area contributed by atoms with Gasteiger partial charge in [-0.05, 0) is 26.7 Å². The molecule has 3 nitrogen and oxygen atoms in total. The van der Waals surface area contributed by atoms with Crippen LogP contribution in [0, 0.1) is 0 Å². The molecular weight excluding hydrogens is 168 g/mol. The fourth-order valence-corrected chi connectivity index (χ4v) is 1.26. The number of hydrogen-bond acceptors (Lipinski definition) is 3. The summed E-state index contributed by atoms with van der Waals surface area (Å²) in [4.78, 5) is 0. The Hall–Kier alpha value is -0.380. The maximum absolute atomic E-state index is 9.43. The largest absolute Gasteiger partial charge is 0.393 e. The van der Waals surface area contributed by atoms with Crippen LogP contribution in [0.15, 0.2) is 12.7 Å². The SMILES string of the molecule is C=CC[C@H](O)C[C@H](O)CC(C)(C)O. The third-order valence-corrected chi connectivity index (χ3v) is 1.72. The first-order chi connectivity index (χ1) is 5.85. The number of aliphatic hydroxyl groups excluding tert-OH is 2. The first-order valence-corrected chi connectivity index (χ1v) is 4.54. The second-order valence-corrected chi connectivity index (χ2v) is 4.08. The molecule has 3 heteroatoms. The molecule has 0 bridgehead atoms. The molecule has 0 heterocycles. The normalized spacial score (nSPS) is 16.7. The van der Waals surface area contributed by atoms with E-state index in [1.165, 1.54) is 0 Å². The van der Waals surface area contributed by atoms with E-state index in [-0.39, 0.29) is 12.8 Å². The molecule has 0 aliphatic rings. The molecule has 3 N–H and O–H groups in total. The third-order valence-electron chi connectivity index (χ3n) is 1.72. The molecule has 0 saturated heterocycles. The maximum atomic E-state index is 9.43. The van der Waals surface area contributed by atoms with Crippen molar-refractivity contribution >= 4 is 0 Å². The molecule has 0 saturated carbocycles. The molecule has 0 rings (SSSR count). The monoisotopic (exact) mass is 188 g/mol. The summed E-state index contributed by atoms with van der Waals surface area (Å²) < 4.78 is 0. The van der Waals surface area contributed by atoms with Crippen molar-refractivity contribution in [3.05, 3.63) is 12.7 Å². The highest BCUT2D eigenvalue weighted by Crippen LogP contribution is 2.15. The van der Waals surface area contributed by atoms with Crippen molar-refractivity contribution in [3.63, 3.8) is 0 Å². The van der Waals surface area contributed by atoms with Gasteiger partial charge in [-0.25, -0.2) is 0 Å². The third kappa shape index (κ3) is 7.96. The predicted octanol–water partition coefficient (Wildman–Crippen LogP) is 0.835. The minimum absolute atomic E-state index is 0.279. The molecule has 0 aromatic carbocycles. The van der Waals surface area contributed by atoms with Gasteiger partial charge in [0.05, 0.1) is 17.8 Å². The smallest absolute Gasteiger partial charge is 0.0616 e. The Labute approximate surface area is 79.7 Å². The standard InChI is InChI=1S/C10H20O3/c1-4-5-8(11)6-9(12)7-10(2,3)13/h4,8-9,11-13H,1,5-7H2,2-3H3/t8-,9-/m0/s1.